The third-order valence-electron chi connectivity index (χ3n) is 2.75. The molecule has 1 aromatic carbocycles. The molecule has 0 bridgehead atoms. The van der Waals surface area contributed by atoms with E-state index in [1.807, 2.05) is 18.0 Å². The van der Waals surface area contributed by atoms with Gasteiger partial charge in [0.05, 0.1) is 0 Å². The number of rotatable bonds is 3. The van der Waals surface area contributed by atoms with E-state index in [2.05, 4.69) is 35.1 Å². The van der Waals surface area contributed by atoms with Crippen molar-refractivity contribution in [3.63, 3.8) is 0 Å². The average molecular weight is 219 g/mol. The number of hydrogen-bond acceptors (Lipinski definition) is 2. The van der Waals surface area contributed by atoms with Gasteiger partial charge < -0.3 is 0 Å². The van der Waals surface area contributed by atoms with E-state index < -0.39 is 0 Å². The van der Waals surface area contributed by atoms with Crippen LogP contribution in [0.1, 0.15) is 11.1 Å². The lowest BCUT2D eigenvalue weighted by Gasteiger charge is -2.16. The van der Waals surface area contributed by atoms with Crippen LogP contribution in [-0.4, -0.2) is 23.1 Å². The highest BCUT2D eigenvalue weighted by atomic mass is 32.2. The fourth-order valence-electron chi connectivity index (χ4n) is 1.93. The molecule has 0 amide bonds. The van der Waals surface area contributed by atoms with Crippen LogP contribution in [0, 0.1) is 0 Å². The van der Waals surface area contributed by atoms with Crippen LogP contribution < -0.4 is 0 Å². The minimum absolute atomic E-state index is 1.02. The Morgan fingerprint density at radius 1 is 1.20 bits per heavy atom. The highest BCUT2D eigenvalue weighted by Crippen LogP contribution is 2.19. The molecular formula is C13H17NS. The summed E-state index contributed by atoms with van der Waals surface area (Å²) in [6, 6.07) is 8.81. The summed E-state index contributed by atoms with van der Waals surface area (Å²) >= 11 is 1.90. The third-order valence-corrected chi connectivity index (χ3v) is 3.87. The molecule has 2 rings (SSSR count). The van der Waals surface area contributed by atoms with Crippen molar-refractivity contribution in [2.24, 2.45) is 0 Å². The molecule has 1 heterocycles. The standard InChI is InChI=1S/C13H17NS/c1-2-11-15-14-9-7-12-5-3-4-6-13(12)8-10-14/h2-6H,1,7-11H2. The van der Waals surface area contributed by atoms with Gasteiger partial charge in [0.15, 0.2) is 0 Å². The molecule has 0 unspecified atom stereocenters. The summed E-state index contributed by atoms with van der Waals surface area (Å²) in [5, 5.41) is 0. The highest BCUT2D eigenvalue weighted by Gasteiger charge is 2.12. The molecular weight excluding hydrogens is 202 g/mol. The van der Waals surface area contributed by atoms with Crippen molar-refractivity contribution in [1.82, 2.24) is 4.31 Å². The van der Waals surface area contributed by atoms with Gasteiger partial charge in [0.25, 0.3) is 0 Å². The summed E-state index contributed by atoms with van der Waals surface area (Å²) in [6.07, 6.45) is 4.34. The minimum Gasteiger partial charge on any atom is -0.250 e. The maximum absolute atomic E-state index is 3.76. The molecule has 0 N–H and O–H groups in total. The summed E-state index contributed by atoms with van der Waals surface area (Å²) in [5.41, 5.74) is 3.05. The second-order valence-corrected chi connectivity index (χ2v) is 4.89. The minimum atomic E-state index is 1.02. The van der Waals surface area contributed by atoms with Crippen LogP contribution in [0.2, 0.25) is 0 Å². The molecule has 1 aromatic rings. The molecule has 1 aliphatic rings. The predicted molar refractivity (Wildman–Crippen MR) is 68.1 cm³/mol. The SMILES string of the molecule is C=CCSN1CCc2ccccc2CC1. The fourth-order valence-corrected chi connectivity index (χ4v) is 2.69. The average Bonchev–Trinajstić information content (AvgIpc) is 2.49. The van der Waals surface area contributed by atoms with Gasteiger partial charge >= 0.3 is 0 Å². The Morgan fingerprint density at radius 2 is 1.80 bits per heavy atom. The van der Waals surface area contributed by atoms with Crippen molar-refractivity contribution < 1.29 is 0 Å². The van der Waals surface area contributed by atoms with Gasteiger partial charge in [0.1, 0.15) is 0 Å². The number of benzene rings is 1. The van der Waals surface area contributed by atoms with Crippen molar-refractivity contribution in [2.45, 2.75) is 12.8 Å². The van der Waals surface area contributed by atoms with Crippen LogP contribution >= 0.6 is 11.9 Å². The summed E-state index contributed by atoms with van der Waals surface area (Å²) in [7, 11) is 0. The van der Waals surface area contributed by atoms with Crippen molar-refractivity contribution in [2.75, 3.05) is 18.8 Å². The lowest BCUT2D eigenvalue weighted by molar-refractivity contribution is 0.495. The zero-order valence-corrected chi connectivity index (χ0v) is 9.80. The highest BCUT2D eigenvalue weighted by molar-refractivity contribution is 7.97. The topological polar surface area (TPSA) is 3.24 Å². The zero-order valence-electron chi connectivity index (χ0n) is 8.98. The zero-order chi connectivity index (χ0) is 10.5. The molecule has 0 aromatic heterocycles. The van der Waals surface area contributed by atoms with E-state index in [1.54, 1.807) is 0 Å². The number of hydrogen-bond donors (Lipinski definition) is 0. The van der Waals surface area contributed by atoms with E-state index in [4.69, 9.17) is 0 Å². The Kier molecular flexibility index (Phi) is 3.87. The lowest BCUT2D eigenvalue weighted by Crippen LogP contribution is -2.19. The molecule has 15 heavy (non-hydrogen) atoms. The molecule has 80 valence electrons. The van der Waals surface area contributed by atoms with Gasteiger partial charge in [0.2, 0.25) is 0 Å². The molecule has 0 saturated carbocycles. The second-order valence-electron chi connectivity index (χ2n) is 3.78. The summed E-state index contributed by atoms with van der Waals surface area (Å²) in [4.78, 5) is 0. The first-order valence-electron chi connectivity index (χ1n) is 5.45. The van der Waals surface area contributed by atoms with Crippen LogP contribution in [0.25, 0.3) is 0 Å². The van der Waals surface area contributed by atoms with Gasteiger partial charge in [-0.3, -0.25) is 0 Å². The number of fused-ring (bicyclic) bond motifs is 1. The van der Waals surface area contributed by atoms with Gasteiger partial charge in [-0.05, 0) is 24.0 Å². The van der Waals surface area contributed by atoms with Crippen molar-refractivity contribution in [1.29, 1.82) is 0 Å². The molecule has 0 aliphatic carbocycles. The Morgan fingerprint density at radius 3 is 2.33 bits per heavy atom. The fraction of sp³-hybridized carbons (Fsp3) is 0.385. The third kappa shape index (κ3) is 2.86. The van der Waals surface area contributed by atoms with E-state index >= 15 is 0 Å². The first-order valence-corrected chi connectivity index (χ1v) is 6.40. The molecule has 0 fully saturated rings. The van der Waals surface area contributed by atoms with E-state index in [0.29, 0.717) is 0 Å². The van der Waals surface area contributed by atoms with Crippen LogP contribution in [0.15, 0.2) is 36.9 Å². The van der Waals surface area contributed by atoms with E-state index in [9.17, 15) is 0 Å². The van der Waals surface area contributed by atoms with Gasteiger partial charge in [0, 0.05) is 18.8 Å². The summed E-state index contributed by atoms with van der Waals surface area (Å²) < 4.78 is 2.46. The molecule has 0 atom stereocenters. The Bertz CT molecular complexity index is 308. The van der Waals surface area contributed by atoms with E-state index in [0.717, 1.165) is 18.8 Å². The Hall–Kier alpha value is -0.730. The first kappa shape index (κ1) is 10.8. The maximum Gasteiger partial charge on any atom is 0.0259 e. The quantitative estimate of drug-likeness (QED) is 0.568. The van der Waals surface area contributed by atoms with Crippen LogP contribution in [0.4, 0.5) is 0 Å². The summed E-state index contributed by atoms with van der Waals surface area (Å²) in [5.74, 6) is 1.02. The first-order chi connectivity index (χ1) is 7.40. The predicted octanol–water partition coefficient (Wildman–Crippen LogP) is 2.92. The van der Waals surface area contributed by atoms with Crippen molar-refractivity contribution in [3.05, 3.63) is 48.0 Å². The Labute approximate surface area is 96.3 Å². The van der Waals surface area contributed by atoms with Crippen LogP contribution in [0.5, 0.6) is 0 Å². The largest absolute Gasteiger partial charge is 0.250 e. The van der Waals surface area contributed by atoms with Crippen molar-refractivity contribution >= 4 is 11.9 Å². The molecule has 0 saturated heterocycles. The smallest absolute Gasteiger partial charge is 0.0259 e. The normalized spacial score (nSPS) is 16.8. The molecule has 1 nitrogen and oxygen atoms in total. The van der Waals surface area contributed by atoms with Gasteiger partial charge in [-0.15, -0.1) is 6.58 Å². The molecule has 0 radical (unpaired) electrons. The Balaban J connectivity index is 1.99. The van der Waals surface area contributed by atoms with E-state index in [1.165, 1.54) is 24.0 Å². The maximum atomic E-state index is 3.76. The molecule has 1 aliphatic heterocycles. The molecule has 2 heteroatoms. The van der Waals surface area contributed by atoms with E-state index in [-0.39, 0.29) is 0 Å². The monoisotopic (exact) mass is 219 g/mol. The van der Waals surface area contributed by atoms with Crippen LogP contribution in [-0.2, 0) is 12.8 Å². The van der Waals surface area contributed by atoms with Crippen LogP contribution in [0.3, 0.4) is 0 Å². The van der Waals surface area contributed by atoms with Gasteiger partial charge in [-0.2, -0.15) is 0 Å². The van der Waals surface area contributed by atoms with Gasteiger partial charge in [-0.25, -0.2) is 4.31 Å². The number of nitrogens with zero attached hydrogens (tertiary/aromatic N) is 1. The second kappa shape index (κ2) is 5.38. The van der Waals surface area contributed by atoms with Gasteiger partial charge in [-0.1, -0.05) is 42.3 Å². The summed E-state index contributed by atoms with van der Waals surface area (Å²) in [6.45, 7) is 6.08. The van der Waals surface area contributed by atoms with Crippen molar-refractivity contribution in [3.8, 4) is 0 Å². The lowest BCUT2D eigenvalue weighted by atomic mass is 10.0. The molecule has 0 spiro atoms.